The van der Waals surface area contributed by atoms with E-state index in [0.717, 1.165) is 17.4 Å². The van der Waals surface area contributed by atoms with Crippen LogP contribution in [0.5, 0.6) is 5.88 Å². The molecule has 3 heterocycles. The average molecular weight is 405 g/mol. The Morgan fingerprint density at radius 2 is 1.83 bits per heavy atom. The molecule has 0 saturated carbocycles. The van der Waals surface area contributed by atoms with Crippen LogP contribution in [0, 0.1) is 5.92 Å². The van der Waals surface area contributed by atoms with Crippen LogP contribution >= 0.6 is 0 Å². The van der Waals surface area contributed by atoms with Gasteiger partial charge in [-0.05, 0) is 55.0 Å². The number of fused-ring (bicyclic) bond motifs is 2. The summed E-state index contributed by atoms with van der Waals surface area (Å²) < 4.78 is 5.21. The molecule has 3 aromatic rings. The van der Waals surface area contributed by atoms with E-state index in [1.54, 1.807) is 18.1 Å². The topological polar surface area (TPSA) is 75.5 Å². The Morgan fingerprint density at radius 3 is 2.60 bits per heavy atom. The van der Waals surface area contributed by atoms with E-state index in [0.29, 0.717) is 41.7 Å². The van der Waals surface area contributed by atoms with E-state index in [-0.39, 0.29) is 11.9 Å². The molecule has 0 saturated heterocycles. The zero-order valence-corrected chi connectivity index (χ0v) is 17.6. The van der Waals surface area contributed by atoms with E-state index in [9.17, 15) is 9.90 Å². The third-order valence-corrected chi connectivity index (χ3v) is 5.62. The number of carbonyl (C=O) groups excluding carboxylic acids is 1. The molecule has 6 nitrogen and oxygen atoms in total. The van der Waals surface area contributed by atoms with Crippen LogP contribution in [0.25, 0.3) is 11.0 Å². The maximum Gasteiger partial charge on any atom is 0.260 e. The van der Waals surface area contributed by atoms with Crippen molar-refractivity contribution in [3.8, 4) is 5.88 Å². The highest BCUT2D eigenvalue weighted by atomic mass is 16.5. The van der Waals surface area contributed by atoms with Gasteiger partial charge in [0, 0.05) is 17.0 Å². The summed E-state index contributed by atoms with van der Waals surface area (Å²) in [6, 6.07) is 14.8. The van der Waals surface area contributed by atoms with Crippen LogP contribution in [0.4, 0.5) is 5.82 Å². The van der Waals surface area contributed by atoms with Crippen molar-refractivity contribution in [2.75, 3.05) is 12.0 Å². The first-order valence-corrected chi connectivity index (χ1v) is 10.4. The molecule has 30 heavy (non-hydrogen) atoms. The normalized spacial score (nSPS) is 16.9. The van der Waals surface area contributed by atoms with E-state index in [1.165, 1.54) is 0 Å². The lowest BCUT2D eigenvalue weighted by atomic mass is 9.96. The Labute approximate surface area is 176 Å². The van der Waals surface area contributed by atoms with Crippen LogP contribution in [0.15, 0.2) is 48.5 Å². The highest BCUT2D eigenvalue weighted by Gasteiger charge is 2.39. The molecule has 0 bridgehead atoms. The minimum absolute atomic E-state index is 0.0959. The number of amides is 1. The van der Waals surface area contributed by atoms with Gasteiger partial charge in [0.2, 0.25) is 5.88 Å². The number of benzene rings is 1. The number of aliphatic hydroxyl groups excluding tert-OH is 1. The molecule has 1 aliphatic rings. The number of hydrogen-bond acceptors (Lipinski definition) is 5. The molecule has 2 atom stereocenters. The minimum atomic E-state index is -0.488. The summed E-state index contributed by atoms with van der Waals surface area (Å²) >= 11 is 0. The first kappa shape index (κ1) is 20.3. The Morgan fingerprint density at radius 1 is 1.07 bits per heavy atom. The molecule has 6 heteroatoms. The second-order valence-corrected chi connectivity index (χ2v) is 8.21. The Balaban J connectivity index is 1.71. The lowest BCUT2D eigenvalue weighted by Crippen LogP contribution is -2.31. The summed E-state index contributed by atoms with van der Waals surface area (Å²) in [6.45, 7) is 4.29. The van der Waals surface area contributed by atoms with Crippen molar-refractivity contribution in [1.82, 2.24) is 9.97 Å². The Hall–Kier alpha value is -2.99. The Bertz CT molecular complexity index is 1070. The fourth-order valence-corrected chi connectivity index (χ4v) is 4.01. The zero-order chi connectivity index (χ0) is 21.3. The first-order valence-electron chi connectivity index (χ1n) is 10.4. The molecule has 4 rings (SSSR count). The van der Waals surface area contributed by atoms with Gasteiger partial charge in [-0.25, -0.2) is 4.98 Å². The predicted octanol–water partition coefficient (Wildman–Crippen LogP) is 4.53. The van der Waals surface area contributed by atoms with Crippen molar-refractivity contribution in [3.63, 3.8) is 0 Å². The summed E-state index contributed by atoms with van der Waals surface area (Å²) in [6.07, 6.45) is 1.64. The standard InChI is InChI=1S/C24H27N3O3/c1-15(2)8-11-17(28)14-20-18-6-4-5-7-19(18)24(29)27(20)21-12-9-16-10-13-22(30-3)26-23(16)25-21/h4-7,9-10,12-13,15,17,20,28H,8,11,14H2,1-3H3. The summed E-state index contributed by atoms with van der Waals surface area (Å²) in [5.74, 6) is 1.44. The predicted molar refractivity (Wildman–Crippen MR) is 117 cm³/mol. The van der Waals surface area contributed by atoms with Gasteiger partial charge in [-0.1, -0.05) is 32.0 Å². The van der Waals surface area contributed by atoms with Crippen LogP contribution in [0.2, 0.25) is 0 Å². The van der Waals surface area contributed by atoms with Gasteiger partial charge in [0.25, 0.3) is 5.91 Å². The largest absolute Gasteiger partial charge is 0.481 e. The molecule has 0 aliphatic carbocycles. The molecule has 0 spiro atoms. The van der Waals surface area contributed by atoms with Gasteiger partial charge in [-0.2, -0.15) is 4.98 Å². The highest BCUT2D eigenvalue weighted by Crippen LogP contribution is 2.40. The van der Waals surface area contributed by atoms with Crippen LogP contribution in [0.3, 0.4) is 0 Å². The third-order valence-electron chi connectivity index (χ3n) is 5.62. The molecule has 2 unspecified atom stereocenters. The van der Waals surface area contributed by atoms with E-state index in [1.807, 2.05) is 42.5 Å². The summed E-state index contributed by atoms with van der Waals surface area (Å²) in [7, 11) is 1.56. The van der Waals surface area contributed by atoms with E-state index < -0.39 is 6.10 Å². The quantitative estimate of drug-likeness (QED) is 0.625. The fraction of sp³-hybridized carbons (Fsp3) is 0.375. The molecule has 1 amide bonds. The van der Waals surface area contributed by atoms with Crippen molar-refractivity contribution in [2.45, 2.75) is 45.3 Å². The van der Waals surface area contributed by atoms with Crippen molar-refractivity contribution in [1.29, 1.82) is 0 Å². The number of aromatic nitrogens is 2. The molecule has 0 fully saturated rings. The van der Waals surface area contributed by atoms with Crippen molar-refractivity contribution in [2.24, 2.45) is 5.92 Å². The summed E-state index contributed by atoms with van der Waals surface area (Å²) in [5, 5.41) is 11.6. The highest BCUT2D eigenvalue weighted by molar-refractivity contribution is 6.10. The average Bonchev–Trinajstić information content (AvgIpc) is 3.03. The summed E-state index contributed by atoms with van der Waals surface area (Å²) in [5.41, 5.74) is 2.13. The molecule has 1 aromatic carbocycles. The molecule has 156 valence electrons. The van der Waals surface area contributed by atoms with E-state index >= 15 is 0 Å². The van der Waals surface area contributed by atoms with E-state index in [4.69, 9.17) is 4.74 Å². The van der Waals surface area contributed by atoms with Gasteiger partial charge >= 0.3 is 0 Å². The number of hydrogen-bond donors (Lipinski definition) is 1. The van der Waals surface area contributed by atoms with Gasteiger partial charge in [-0.15, -0.1) is 0 Å². The lowest BCUT2D eigenvalue weighted by molar-refractivity contribution is 0.0975. The monoisotopic (exact) mass is 405 g/mol. The second-order valence-electron chi connectivity index (χ2n) is 8.21. The SMILES string of the molecule is COc1ccc2ccc(N3C(=O)c4ccccc4C3CC(O)CCC(C)C)nc2n1. The van der Waals surface area contributed by atoms with Crippen molar-refractivity contribution >= 4 is 22.8 Å². The first-order chi connectivity index (χ1) is 14.5. The van der Waals surface area contributed by atoms with Gasteiger partial charge < -0.3 is 9.84 Å². The summed E-state index contributed by atoms with van der Waals surface area (Å²) in [4.78, 5) is 24.0. The number of rotatable bonds is 7. The smallest absolute Gasteiger partial charge is 0.260 e. The van der Waals surface area contributed by atoms with Crippen LogP contribution in [0.1, 0.15) is 55.1 Å². The van der Waals surface area contributed by atoms with Crippen molar-refractivity contribution in [3.05, 3.63) is 59.7 Å². The molecule has 2 aromatic heterocycles. The van der Waals surface area contributed by atoms with Gasteiger partial charge in [0.05, 0.1) is 19.3 Å². The molecular weight excluding hydrogens is 378 g/mol. The maximum atomic E-state index is 13.3. The fourth-order valence-electron chi connectivity index (χ4n) is 4.01. The van der Waals surface area contributed by atoms with Gasteiger partial charge in [0.15, 0.2) is 5.65 Å². The van der Waals surface area contributed by atoms with Crippen LogP contribution < -0.4 is 9.64 Å². The number of nitrogens with zero attached hydrogens (tertiary/aromatic N) is 3. The molecule has 0 radical (unpaired) electrons. The number of anilines is 1. The third kappa shape index (κ3) is 3.87. The number of methoxy groups -OCH3 is 1. The van der Waals surface area contributed by atoms with Gasteiger partial charge in [0.1, 0.15) is 5.82 Å². The number of carbonyl (C=O) groups is 1. The zero-order valence-electron chi connectivity index (χ0n) is 17.6. The number of ether oxygens (including phenoxy) is 1. The molecule has 1 N–H and O–H groups in total. The number of aliphatic hydroxyl groups is 1. The maximum absolute atomic E-state index is 13.3. The van der Waals surface area contributed by atoms with Crippen molar-refractivity contribution < 1.29 is 14.6 Å². The van der Waals surface area contributed by atoms with Gasteiger partial charge in [-0.3, -0.25) is 9.69 Å². The lowest BCUT2D eigenvalue weighted by Gasteiger charge is -2.27. The Kier molecular flexibility index (Phi) is 5.68. The second kappa shape index (κ2) is 8.40. The van der Waals surface area contributed by atoms with Crippen LogP contribution in [-0.4, -0.2) is 34.2 Å². The minimum Gasteiger partial charge on any atom is -0.481 e. The van der Waals surface area contributed by atoms with Crippen LogP contribution in [-0.2, 0) is 0 Å². The molecular formula is C24H27N3O3. The molecule has 1 aliphatic heterocycles. The van der Waals surface area contributed by atoms with E-state index in [2.05, 4.69) is 23.8 Å². The number of pyridine rings is 2.